The van der Waals surface area contributed by atoms with E-state index < -0.39 is 16.1 Å². The van der Waals surface area contributed by atoms with Crippen LogP contribution < -0.4 is 14.2 Å². The van der Waals surface area contributed by atoms with Crippen molar-refractivity contribution in [2.45, 2.75) is 50.5 Å². The molecule has 1 aliphatic rings. The van der Waals surface area contributed by atoms with Crippen molar-refractivity contribution in [3.8, 4) is 11.5 Å². The Morgan fingerprint density at radius 3 is 2.30 bits per heavy atom. The number of likely N-dealkylation sites (tertiary alicyclic amines) is 1. The molecule has 1 atom stereocenters. The first-order chi connectivity index (χ1) is 12.8. The van der Waals surface area contributed by atoms with Gasteiger partial charge < -0.3 is 14.4 Å². The van der Waals surface area contributed by atoms with Gasteiger partial charge in [-0.2, -0.15) is 4.72 Å². The number of rotatable bonds is 8. The van der Waals surface area contributed by atoms with Gasteiger partial charge in [-0.25, -0.2) is 8.42 Å². The number of hydrogen-bond acceptors (Lipinski definition) is 5. The van der Waals surface area contributed by atoms with Crippen LogP contribution in [0.15, 0.2) is 23.1 Å². The Balaban J connectivity index is 2.25. The summed E-state index contributed by atoms with van der Waals surface area (Å²) in [5.41, 5.74) is 0. The van der Waals surface area contributed by atoms with Crippen LogP contribution in [0.5, 0.6) is 11.5 Å². The Morgan fingerprint density at radius 2 is 1.74 bits per heavy atom. The van der Waals surface area contributed by atoms with E-state index in [0.29, 0.717) is 31.0 Å². The Morgan fingerprint density at radius 1 is 1.11 bits per heavy atom. The van der Waals surface area contributed by atoms with E-state index in [4.69, 9.17) is 9.47 Å². The summed E-state index contributed by atoms with van der Waals surface area (Å²) < 4.78 is 38.8. The molecule has 0 aliphatic carbocycles. The van der Waals surface area contributed by atoms with Crippen LogP contribution in [0, 0.1) is 5.92 Å². The molecule has 0 saturated carbocycles. The minimum atomic E-state index is -3.88. The highest BCUT2D eigenvalue weighted by atomic mass is 32.2. The van der Waals surface area contributed by atoms with Gasteiger partial charge in [0.1, 0.15) is 6.04 Å². The second-order valence-corrected chi connectivity index (χ2v) is 8.92. The number of methoxy groups -OCH3 is 2. The van der Waals surface area contributed by atoms with Gasteiger partial charge in [0.2, 0.25) is 15.9 Å². The molecule has 0 radical (unpaired) electrons. The lowest BCUT2D eigenvalue weighted by Crippen LogP contribution is -2.50. The van der Waals surface area contributed by atoms with Crippen LogP contribution in [0.25, 0.3) is 0 Å². The van der Waals surface area contributed by atoms with Crippen LogP contribution in [0.3, 0.4) is 0 Å². The molecule has 0 unspecified atom stereocenters. The molecule has 1 N–H and O–H groups in total. The first kappa shape index (κ1) is 21.5. The van der Waals surface area contributed by atoms with E-state index in [1.165, 1.54) is 32.4 Å². The predicted octanol–water partition coefficient (Wildman–Crippen LogP) is 2.41. The SMILES string of the molecule is COc1ccc(S(=O)(=O)N[C@H](CC(C)C)C(=O)N2CCCCC2)cc1OC. The summed E-state index contributed by atoms with van der Waals surface area (Å²) in [6, 6.07) is 3.61. The zero-order valence-corrected chi connectivity index (χ0v) is 17.3. The Kier molecular flexibility index (Phi) is 7.49. The second kappa shape index (κ2) is 9.41. The van der Waals surface area contributed by atoms with Crippen LogP contribution in [0.1, 0.15) is 39.5 Å². The van der Waals surface area contributed by atoms with Crippen molar-refractivity contribution in [2.75, 3.05) is 27.3 Å². The Labute approximate surface area is 162 Å². The molecule has 27 heavy (non-hydrogen) atoms. The summed E-state index contributed by atoms with van der Waals surface area (Å²) in [6.07, 6.45) is 3.48. The fourth-order valence-electron chi connectivity index (χ4n) is 3.24. The number of amides is 1. The van der Waals surface area contributed by atoms with Gasteiger partial charge in [0.15, 0.2) is 11.5 Å². The number of nitrogens with one attached hydrogen (secondary N) is 1. The summed E-state index contributed by atoms with van der Waals surface area (Å²) in [7, 11) is -0.946. The Hall–Kier alpha value is -1.80. The van der Waals surface area contributed by atoms with E-state index in [1.807, 2.05) is 13.8 Å². The van der Waals surface area contributed by atoms with Crippen molar-refractivity contribution in [1.82, 2.24) is 9.62 Å². The van der Waals surface area contributed by atoms with Gasteiger partial charge in [-0.1, -0.05) is 13.8 Å². The highest BCUT2D eigenvalue weighted by Crippen LogP contribution is 2.29. The normalized spacial score (nSPS) is 16.3. The standard InChI is InChI=1S/C19H30N2O5S/c1-14(2)12-16(19(22)21-10-6-5-7-11-21)20-27(23,24)15-8-9-17(25-3)18(13-15)26-4/h8-9,13-14,16,20H,5-7,10-12H2,1-4H3/t16-/m1/s1. The molecule has 1 fully saturated rings. The van der Waals surface area contributed by atoms with Crippen molar-refractivity contribution in [1.29, 1.82) is 0 Å². The topological polar surface area (TPSA) is 84.9 Å². The minimum absolute atomic E-state index is 0.0420. The van der Waals surface area contributed by atoms with Crippen LogP contribution in [0.2, 0.25) is 0 Å². The summed E-state index contributed by atoms with van der Waals surface area (Å²) in [4.78, 5) is 14.7. The first-order valence-electron chi connectivity index (χ1n) is 9.31. The quantitative estimate of drug-likeness (QED) is 0.727. The first-order valence-corrected chi connectivity index (χ1v) is 10.8. The van der Waals surface area contributed by atoms with Gasteiger partial charge in [-0.3, -0.25) is 4.79 Å². The van der Waals surface area contributed by atoms with E-state index in [9.17, 15) is 13.2 Å². The summed E-state index contributed by atoms with van der Waals surface area (Å²) in [5, 5.41) is 0. The third-order valence-corrected chi connectivity index (χ3v) is 6.11. The fraction of sp³-hybridized carbons (Fsp3) is 0.632. The van der Waals surface area contributed by atoms with Crippen molar-refractivity contribution in [3.05, 3.63) is 18.2 Å². The zero-order chi connectivity index (χ0) is 20.0. The van der Waals surface area contributed by atoms with Gasteiger partial charge >= 0.3 is 0 Å². The molecule has 8 heteroatoms. The summed E-state index contributed by atoms with van der Waals surface area (Å²) >= 11 is 0. The minimum Gasteiger partial charge on any atom is -0.493 e. The van der Waals surface area contributed by atoms with E-state index >= 15 is 0 Å². The van der Waals surface area contributed by atoms with Gasteiger partial charge in [0.05, 0.1) is 19.1 Å². The number of benzene rings is 1. The number of carbonyl (C=O) groups excluding carboxylic acids is 1. The van der Waals surface area contributed by atoms with Crippen molar-refractivity contribution < 1.29 is 22.7 Å². The van der Waals surface area contributed by atoms with Gasteiger partial charge in [0, 0.05) is 19.2 Å². The van der Waals surface area contributed by atoms with Crippen LogP contribution >= 0.6 is 0 Å². The highest BCUT2D eigenvalue weighted by molar-refractivity contribution is 7.89. The van der Waals surface area contributed by atoms with E-state index in [0.717, 1.165) is 19.3 Å². The number of hydrogen-bond donors (Lipinski definition) is 1. The van der Waals surface area contributed by atoms with Crippen molar-refractivity contribution in [3.63, 3.8) is 0 Å². The second-order valence-electron chi connectivity index (χ2n) is 7.21. The molecule has 1 aliphatic heterocycles. The maximum Gasteiger partial charge on any atom is 0.241 e. The molecule has 7 nitrogen and oxygen atoms in total. The number of ether oxygens (including phenoxy) is 2. The molecular weight excluding hydrogens is 368 g/mol. The largest absolute Gasteiger partial charge is 0.493 e. The molecule has 1 saturated heterocycles. The third kappa shape index (κ3) is 5.59. The lowest BCUT2D eigenvalue weighted by molar-refractivity contribution is -0.134. The van der Waals surface area contributed by atoms with Crippen molar-refractivity contribution >= 4 is 15.9 Å². The molecule has 1 aromatic carbocycles. The molecule has 1 heterocycles. The third-order valence-electron chi connectivity index (χ3n) is 4.64. The lowest BCUT2D eigenvalue weighted by atomic mass is 10.0. The lowest BCUT2D eigenvalue weighted by Gasteiger charge is -2.31. The zero-order valence-electron chi connectivity index (χ0n) is 16.5. The molecule has 2 rings (SSSR count). The maximum absolute atomic E-state index is 12.9. The van der Waals surface area contributed by atoms with Gasteiger partial charge in [-0.15, -0.1) is 0 Å². The number of carbonyl (C=O) groups is 1. The van der Waals surface area contributed by atoms with Gasteiger partial charge in [0.25, 0.3) is 0 Å². The van der Waals surface area contributed by atoms with Crippen LogP contribution in [-0.4, -0.2) is 52.6 Å². The predicted molar refractivity (Wildman–Crippen MR) is 104 cm³/mol. The van der Waals surface area contributed by atoms with E-state index in [1.54, 1.807) is 4.90 Å². The maximum atomic E-state index is 12.9. The van der Waals surface area contributed by atoms with Crippen LogP contribution in [-0.2, 0) is 14.8 Å². The van der Waals surface area contributed by atoms with Crippen LogP contribution in [0.4, 0.5) is 0 Å². The monoisotopic (exact) mass is 398 g/mol. The fourth-order valence-corrected chi connectivity index (χ4v) is 4.46. The molecule has 0 bridgehead atoms. The average molecular weight is 399 g/mol. The Bertz CT molecular complexity index is 742. The molecule has 152 valence electrons. The van der Waals surface area contributed by atoms with Crippen molar-refractivity contribution in [2.24, 2.45) is 5.92 Å². The number of nitrogens with zero attached hydrogens (tertiary/aromatic N) is 1. The highest BCUT2D eigenvalue weighted by Gasteiger charge is 2.31. The average Bonchev–Trinajstić information content (AvgIpc) is 2.66. The molecule has 0 spiro atoms. The smallest absolute Gasteiger partial charge is 0.241 e. The summed E-state index contributed by atoms with van der Waals surface area (Å²) in [6.45, 7) is 5.32. The molecular formula is C19H30N2O5S. The molecule has 1 aromatic rings. The molecule has 1 amide bonds. The number of sulfonamides is 1. The van der Waals surface area contributed by atoms with Gasteiger partial charge in [-0.05, 0) is 43.7 Å². The van der Waals surface area contributed by atoms with E-state index in [2.05, 4.69) is 4.72 Å². The molecule has 0 aromatic heterocycles. The number of piperidine rings is 1. The summed E-state index contributed by atoms with van der Waals surface area (Å²) in [5.74, 6) is 0.798. The van der Waals surface area contributed by atoms with E-state index in [-0.39, 0.29) is 16.7 Å².